The van der Waals surface area contributed by atoms with Crippen LogP contribution in [0.5, 0.6) is 0 Å². The number of aliphatic imine (C=N–C) groups is 1. The number of hydrogen-bond acceptors (Lipinski definition) is 3. The van der Waals surface area contributed by atoms with Crippen LogP contribution in [0.1, 0.15) is 50.2 Å². The zero-order valence-corrected chi connectivity index (χ0v) is 14.0. The van der Waals surface area contributed by atoms with Crippen LogP contribution in [-0.2, 0) is 6.54 Å². The van der Waals surface area contributed by atoms with E-state index < -0.39 is 0 Å². The van der Waals surface area contributed by atoms with Crippen LogP contribution in [0.2, 0.25) is 0 Å². The zero-order valence-electron chi connectivity index (χ0n) is 14.0. The van der Waals surface area contributed by atoms with Gasteiger partial charge in [-0.1, -0.05) is 49.6 Å². The molecule has 0 amide bonds. The molecule has 1 aliphatic heterocycles. The van der Waals surface area contributed by atoms with Crippen molar-refractivity contribution in [2.75, 3.05) is 13.1 Å². The molecule has 2 N–H and O–H groups in total. The highest BCUT2D eigenvalue weighted by Crippen LogP contribution is 2.33. The minimum Gasteiger partial charge on any atom is -0.368 e. The molecule has 1 aromatic carbocycles. The zero-order chi connectivity index (χ0) is 15.4. The van der Waals surface area contributed by atoms with Crippen molar-refractivity contribution >= 4 is 5.84 Å². The third-order valence-corrected chi connectivity index (χ3v) is 5.10. The van der Waals surface area contributed by atoms with Gasteiger partial charge in [0.1, 0.15) is 5.84 Å². The summed E-state index contributed by atoms with van der Waals surface area (Å²) in [6.45, 7) is 7.42. The second kappa shape index (κ2) is 6.82. The standard InChI is InChI=1S/C19H29N3/c1-15-6-8-17(9-7-15)14-21-18-19(22-12-4-11-20-18)10-3-5-16(2)13-19/h6-9,16,22H,3-5,10-14H2,1-2H3,(H,20,21). The van der Waals surface area contributed by atoms with Crippen molar-refractivity contribution in [1.82, 2.24) is 10.6 Å². The van der Waals surface area contributed by atoms with Crippen molar-refractivity contribution in [3.63, 3.8) is 0 Å². The van der Waals surface area contributed by atoms with Crippen LogP contribution >= 0.6 is 0 Å². The summed E-state index contributed by atoms with van der Waals surface area (Å²) in [4.78, 5) is 4.91. The molecule has 2 unspecified atom stereocenters. The summed E-state index contributed by atoms with van der Waals surface area (Å²) in [5, 5.41) is 7.50. The van der Waals surface area contributed by atoms with Crippen LogP contribution in [0, 0.1) is 12.8 Å². The van der Waals surface area contributed by atoms with Crippen molar-refractivity contribution in [1.29, 1.82) is 0 Å². The van der Waals surface area contributed by atoms with Crippen LogP contribution in [0.4, 0.5) is 0 Å². The average Bonchev–Trinajstić information content (AvgIpc) is 2.69. The second-order valence-corrected chi connectivity index (χ2v) is 7.13. The van der Waals surface area contributed by atoms with Crippen LogP contribution in [-0.4, -0.2) is 24.5 Å². The fourth-order valence-electron chi connectivity index (χ4n) is 3.88. The highest BCUT2D eigenvalue weighted by atomic mass is 15.1. The maximum Gasteiger partial charge on any atom is 0.117 e. The van der Waals surface area contributed by atoms with Gasteiger partial charge in [-0.2, -0.15) is 0 Å². The molecule has 3 nitrogen and oxygen atoms in total. The molecule has 22 heavy (non-hydrogen) atoms. The van der Waals surface area contributed by atoms with E-state index in [2.05, 4.69) is 48.7 Å². The van der Waals surface area contributed by atoms with Gasteiger partial charge in [0, 0.05) is 13.1 Å². The summed E-state index contributed by atoms with van der Waals surface area (Å²) in [5.41, 5.74) is 2.74. The maximum atomic E-state index is 4.91. The van der Waals surface area contributed by atoms with E-state index in [0.717, 1.165) is 32.0 Å². The van der Waals surface area contributed by atoms with Crippen LogP contribution in [0.15, 0.2) is 29.3 Å². The summed E-state index contributed by atoms with van der Waals surface area (Å²) in [7, 11) is 0. The molecule has 3 heteroatoms. The Morgan fingerprint density at radius 3 is 2.86 bits per heavy atom. The topological polar surface area (TPSA) is 36.4 Å². The molecule has 1 aromatic rings. The fourth-order valence-corrected chi connectivity index (χ4v) is 3.88. The van der Waals surface area contributed by atoms with Crippen molar-refractivity contribution in [2.24, 2.45) is 10.9 Å². The number of hydrogen-bond donors (Lipinski definition) is 2. The smallest absolute Gasteiger partial charge is 0.117 e. The predicted octanol–water partition coefficient (Wildman–Crippen LogP) is 3.43. The minimum atomic E-state index is 0.0961. The molecular weight excluding hydrogens is 270 g/mol. The Morgan fingerprint density at radius 2 is 2.09 bits per heavy atom. The molecule has 0 radical (unpaired) electrons. The monoisotopic (exact) mass is 299 g/mol. The number of nitrogens with one attached hydrogen (secondary N) is 2. The summed E-state index contributed by atoms with van der Waals surface area (Å²) < 4.78 is 0. The van der Waals surface area contributed by atoms with Crippen LogP contribution in [0.3, 0.4) is 0 Å². The lowest BCUT2D eigenvalue weighted by molar-refractivity contribution is 0.251. The lowest BCUT2D eigenvalue weighted by atomic mass is 9.75. The highest BCUT2D eigenvalue weighted by molar-refractivity contribution is 5.92. The molecule has 1 aliphatic carbocycles. The van der Waals surface area contributed by atoms with Gasteiger partial charge in [-0.25, -0.2) is 0 Å². The van der Waals surface area contributed by atoms with E-state index in [-0.39, 0.29) is 5.54 Å². The molecule has 0 aromatic heterocycles. The summed E-state index contributed by atoms with van der Waals surface area (Å²) in [6.07, 6.45) is 6.24. The number of nitrogens with zero attached hydrogens (tertiary/aromatic N) is 1. The SMILES string of the molecule is Cc1ccc(CNC2=NCCCNC23CCCC(C)C3)cc1. The molecule has 120 valence electrons. The molecule has 1 saturated carbocycles. The average molecular weight is 299 g/mol. The molecule has 1 fully saturated rings. The summed E-state index contributed by atoms with van der Waals surface area (Å²) in [6, 6.07) is 8.79. The Bertz CT molecular complexity index is 520. The molecule has 3 rings (SSSR count). The highest BCUT2D eigenvalue weighted by Gasteiger charge is 2.39. The first kappa shape index (κ1) is 15.5. The molecule has 2 aliphatic rings. The van der Waals surface area contributed by atoms with Gasteiger partial charge in [-0.3, -0.25) is 4.99 Å². The van der Waals surface area contributed by atoms with Crippen LogP contribution in [0.25, 0.3) is 0 Å². The van der Waals surface area contributed by atoms with E-state index in [1.165, 1.54) is 42.6 Å². The lowest BCUT2D eigenvalue weighted by Gasteiger charge is -2.41. The van der Waals surface area contributed by atoms with Crippen molar-refractivity contribution < 1.29 is 0 Å². The number of amidine groups is 1. The Hall–Kier alpha value is -1.35. The van der Waals surface area contributed by atoms with Gasteiger partial charge in [0.2, 0.25) is 0 Å². The third-order valence-electron chi connectivity index (χ3n) is 5.10. The first-order valence-electron chi connectivity index (χ1n) is 8.77. The lowest BCUT2D eigenvalue weighted by Crippen LogP contribution is -2.58. The Labute approximate surface area is 134 Å². The van der Waals surface area contributed by atoms with Crippen LogP contribution < -0.4 is 10.6 Å². The first-order chi connectivity index (χ1) is 10.7. The number of benzene rings is 1. The molecule has 1 heterocycles. The van der Waals surface area contributed by atoms with Gasteiger partial charge < -0.3 is 10.6 Å². The second-order valence-electron chi connectivity index (χ2n) is 7.13. The fraction of sp³-hybridized carbons (Fsp3) is 0.632. The first-order valence-corrected chi connectivity index (χ1v) is 8.77. The summed E-state index contributed by atoms with van der Waals surface area (Å²) in [5.74, 6) is 1.99. The quantitative estimate of drug-likeness (QED) is 0.878. The van der Waals surface area contributed by atoms with E-state index in [0.29, 0.717) is 0 Å². The Kier molecular flexibility index (Phi) is 4.82. The van der Waals surface area contributed by atoms with E-state index in [1.54, 1.807) is 0 Å². The molecule has 0 saturated heterocycles. The normalized spacial score (nSPS) is 29.0. The van der Waals surface area contributed by atoms with Gasteiger partial charge in [0.25, 0.3) is 0 Å². The van der Waals surface area contributed by atoms with Gasteiger partial charge in [0.05, 0.1) is 5.54 Å². The molecular formula is C19H29N3. The van der Waals surface area contributed by atoms with Gasteiger partial charge >= 0.3 is 0 Å². The maximum absolute atomic E-state index is 4.91. The van der Waals surface area contributed by atoms with Crippen molar-refractivity contribution in [3.8, 4) is 0 Å². The Morgan fingerprint density at radius 1 is 1.27 bits per heavy atom. The van der Waals surface area contributed by atoms with Crippen molar-refractivity contribution in [2.45, 2.75) is 58.0 Å². The minimum absolute atomic E-state index is 0.0961. The Balaban J connectivity index is 1.73. The molecule has 2 atom stereocenters. The van der Waals surface area contributed by atoms with Gasteiger partial charge in [0.15, 0.2) is 0 Å². The molecule has 1 spiro atoms. The number of aryl methyl sites for hydroxylation is 1. The van der Waals surface area contributed by atoms with Gasteiger partial charge in [-0.15, -0.1) is 0 Å². The van der Waals surface area contributed by atoms with Gasteiger partial charge in [-0.05, 0) is 44.2 Å². The van der Waals surface area contributed by atoms with E-state index >= 15 is 0 Å². The van der Waals surface area contributed by atoms with E-state index in [4.69, 9.17) is 4.99 Å². The number of rotatable bonds is 2. The predicted molar refractivity (Wildman–Crippen MR) is 93.3 cm³/mol. The third kappa shape index (κ3) is 3.52. The molecule has 0 bridgehead atoms. The van der Waals surface area contributed by atoms with Crippen molar-refractivity contribution in [3.05, 3.63) is 35.4 Å². The van der Waals surface area contributed by atoms with E-state index in [1.807, 2.05) is 0 Å². The summed E-state index contributed by atoms with van der Waals surface area (Å²) >= 11 is 0. The van der Waals surface area contributed by atoms with E-state index in [9.17, 15) is 0 Å². The largest absolute Gasteiger partial charge is 0.368 e.